The van der Waals surface area contributed by atoms with Crippen molar-refractivity contribution in [2.75, 3.05) is 19.8 Å². The van der Waals surface area contributed by atoms with Crippen molar-refractivity contribution < 1.29 is 14.6 Å². The van der Waals surface area contributed by atoms with Crippen LogP contribution in [0.1, 0.15) is 23.2 Å². The molecular formula is C19H21NO3. The van der Waals surface area contributed by atoms with Gasteiger partial charge in [-0.15, -0.1) is 0 Å². The molecule has 1 aliphatic rings. The highest BCUT2D eigenvalue weighted by molar-refractivity contribution is 5.94. The van der Waals surface area contributed by atoms with E-state index in [1.54, 1.807) is 0 Å². The Morgan fingerprint density at radius 3 is 2.26 bits per heavy atom. The number of carbonyl (C=O) groups excluding carboxylic acids is 1. The predicted octanol–water partition coefficient (Wildman–Crippen LogP) is 2.62. The second-order valence-corrected chi connectivity index (χ2v) is 5.96. The summed E-state index contributed by atoms with van der Waals surface area (Å²) in [7, 11) is 0. The fourth-order valence-corrected chi connectivity index (χ4v) is 2.72. The molecule has 4 heteroatoms. The Morgan fingerprint density at radius 2 is 1.61 bits per heavy atom. The third kappa shape index (κ3) is 3.97. The molecule has 1 fully saturated rings. The van der Waals surface area contributed by atoms with Gasteiger partial charge in [-0.1, -0.05) is 42.5 Å². The lowest BCUT2D eigenvalue weighted by Gasteiger charge is -2.32. The van der Waals surface area contributed by atoms with E-state index in [-0.39, 0.29) is 12.5 Å². The number of hydrogen-bond acceptors (Lipinski definition) is 3. The Labute approximate surface area is 136 Å². The number of aliphatic hydroxyl groups is 1. The van der Waals surface area contributed by atoms with Crippen LogP contribution < -0.4 is 5.32 Å². The fraction of sp³-hybridized carbons (Fsp3) is 0.316. The van der Waals surface area contributed by atoms with Gasteiger partial charge in [-0.05, 0) is 23.3 Å². The van der Waals surface area contributed by atoms with E-state index in [1.165, 1.54) is 0 Å². The quantitative estimate of drug-likeness (QED) is 0.912. The van der Waals surface area contributed by atoms with Gasteiger partial charge in [0.1, 0.15) is 0 Å². The minimum atomic E-state index is -0.849. The SMILES string of the molecule is O=C(NCC1(O)CCOCC1)c1ccc(-c2ccccc2)cc1. The summed E-state index contributed by atoms with van der Waals surface area (Å²) in [6.45, 7) is 1.34. The van der Waals surface area contributed by atoms with Crippen LogP contribution >= 0.6 is 0 Å². The van der Waals surface area contributed by atoms with Crippen LogP contribution in [-0.4, -0.2) is 36.4 Å². The maximum absolute atomic E-state index is 12.2. The molecule has 0 spiro atoms. The highest BCUT2D eigenvalue weighted by Gasteiger charge is 2.30. The van der Waals surface area contributed by atoms with Gasteiger partial charge in [-0.25, -0.2) is 0 Å². The van der Waals surface area contributed by atoms with Crippen molar-refractivity contribution in [2.45, 2.75) is 18.4 Å². The highest BCUT2D eigenvalue weighted by Crippen LogP contribution is 2.21. The van der Waals surface area contributed by atoms with Gasteiger partial charge < -0.3 is 15.2 Å². The third-order valence-corrected chi connectivity index (χ3v) is 4.26. The van der Waals surface area contributed by atoms with Crippen LogP contribution in [0.2, 0.25) is 0 Å². The molecular weight excluding hydrogens is 290 g/mol. The molecule has 0 unspecified atom stereocenters. The zero-order valence-electron chi connectivity index (χ0n) is 13.0. The van der Waals surface area contributed by atoms with Gasteiger partial charge in [0.05, 0.1) is 5.60 Å². The fourth-order valence-electron chi connectivity index (χ4n) is 2.72. The molecule has 2 aromatic carbocycles. The standard InChI is InChI=1S/C19H21NO3/c21-18(20-14-19(22)10-12-23-13-11-19)17-8-6-16(7-9-17)15-4-2-1-3-5-15/h1-9,22H,10-14H2,(H,20,21). The molecule has 4 nitrogen and oxygen atoms in total. The van der Waals surface area contributed by atoms with Crippen molar-refractivity contribution in [2.24, 2.45) is 0 Å². The van der Waals surface area contributed by atoms with E-state index < -0.39 is 5.60 Å². The number of carbonyl (C=O) groups is 1. The van der Waals surface area contributed by atoms with E-state index in [9.17, 15) is 9.90 Å². The summed E-state index contributed by atoms with van der Waals surface area (Å²) in [4.78, 5) is 12.2. The molecule has 0 saturated carbocycles. The van der Waals surface area contributed by atoms with Crippen LogP contribution in [0, 0.1) is 0 Å². The van der Waals surface area contributed by atoms with E-state index in [2.05, 4.69) is 5.32 Å². The summed E-state index contributed by atoms with van der Waals surface area (Å²) in [6, 6.07) is 17.5. The number of benzene rings is 2. The number of nitrogens with one attached hydrogen (secondary N) is 1. The number of amides is 1. The van der Waals surface area contributed by atoms with Crippen molar-refractivity contribution in [3.63, 3.8) is 0 Å². The molecule has 23 heavy (non-hydrogen) atoms. The minimum absolute atomic E-state index is 0.162. The normalized spacial score (nSPS) is 16.7. The van der Waals surface area contributed by atoms with Crippen molar-refractivity contribution in [3.05, 3.63) is 60.2 Å². The van der Waals surface area contributed by atoms with Gasteiger partial charge in [0, 0.05) is 38.2 Å². The van der Waals surface area contributed by atoms with Crippen LogP contribution in [-0.2, 0) is 4.74 Å². The second-order valence-electron chi connectivity index (χ2n) is 5.96. The molecule has 0 aliphatic carbocycles. The van der Waals surface area contributed by atoms with Crippen LogP contribution in [0.3, 0.4) is 0 Å². The number of rotatable bonds is 4. The van der Waals surface area contributed by atoms with E-state index in [0.29, 0.717) is 31.6 Å². The van der Waals surface area contributed by atoms with E-state index in [1.807, 2.05) is 54.6 Å². The second kappa shape index (κ2) is 6.94. The topological polar surface area (TPSA) is 58.6 Å². The van der Waals surface area contributed by atoms with Gasteiger partial charge in [0.2, 0.25) is 0 Å². The average Bonchev–Trinajstić information content (AvgIpc) is 2.61. The monoisotopic (exact) mass is 311 g/mol. The Balaban J connectivity index is 1.61. The van der Waals surface area contributed by atoms with Gasteiger partial charge in [-0.3, -0.25) is 4.79 Å². The summed E-state index contributed by atoms with van der Waals surface area (Å²) in [6.07, 6.45) is 1.11. The first-order valence-electron chi connectivity index (χ1n) is 7.90. The van der Waals surface area contributed by atoms with Crippen LogP contribution in [0.5, 0.6) is 0 Å². The van der Waals surface area contributed by atoms with Crippen LogP contribution in [0.4, 0.5) is 0 Å². The summed E-state index contributed by atoms with van der Waals surface area (Å²) >= 11 is 0. The van der Waals surface area contributed by atoms with Gasteiger partial charge >= 0.3 is 0 Å². The Bertz CT molecular complexity index is 646. The lowest BCUT2D eigenvalue weighted by atomic mass is 9.94. The first-order chi connectivity index (χ1) is 11.2. The highest BCUT2D eigenvalue weighted by atomic mass is 16.5. The van der Waals surface area contributed by atoms with Crippen molar-refractivity contribution in [1.29, 1.82) is 0 Å². The van der Waals surface area contributed by atoms with E-state index in [4.69, 9.17) is 4.74 Å². The Kier molecular flexibility index (Phi) is 4.74. The van der Waals surface area contributed by atoms with Crippen LogP contribution in [0.15, 0.2) is 54.6 Å². The summed E-state index contributed by atoms with van der Waals surface area (Å²) in [5.41, 5.74) is 1.94. The minimum Gasteiger partial charge on any atom is -0.388 e. The Hall–Kier alpha value is -2.17. The Morgan fingerprint density at radius 1 is 1.00 bits per heavy atom. The molecule has 1 aliphatic heterocycles. The molecule has 0 aromatic heterocycles. The molecule has 120 valence electrons. The molecule has 0 bridgehead atoms. The van der Waals surface area contributed by atoms with Crippen LogP contribution in [0.25, 0.3) is 11.1 Å². The zero-order valence-corrected chi connectivity index (χ0v) is 13.0. The molecule has 0 atom stereocenters. The van der Waals surface area contributed by atoms with Crippen molar-refractivity contribution in [3.8, 4) is 11.1 Å². The third-order valence-electron chi connectivity index (χ3n) is 4.26. The zero-order chi connectivity index (χ0) is 16.1. The number of ether oxygens (including phenoxy) is 1. The predicted molar refractivity (Wildman–Crippen MR) is 89.2 cm³/mol. The van der Waals surface area contributed by atoms with Crippen molar-refractivity contribution >= 4 is 5.91 Å². The maximum atomic E-state index is 12.2. The van der Waals surface area contributed by atoms with Crippen molar-refractivity contribution in [1.82, 2.24) is 5.32 Å². The molecule has 0 radical (unpaired) electrons. The molecule has 1 saturated heterocycles. The summed E-state index contributed by atoms with van der Waals surface area (Å²) in [5, 5.41) is 13.2. The molecule has 1 amide bonds. The van der Waals surface area contributed by atoms with E-state index in [0.717, 1.165) is 11.1 Å². The van der Waals surface area contributed by atoms with Gasteiger partial charge in [0.25, 0.3) is 5.91 Å². The molecule has 2 aromatic rings. The summed E-state index contributed by atoms with van der Waals surface area (Å²) in [5.74, 6) is -0.162. The lowest BCUT2D eigenvalue weighted by molar-refractivity contribution is -0.0605. The molecule has 3 rings (SSSR count). The molecule has 1 heterocycles. The molecule has 2 N–H and O–H groups in total. The first kappa shape index (κ1) is 15.7. The van der Waals surface area contributed by atoms with Gasteiger partial charge in [0.15, 0.2) is 0 Å². The average molecular weight is 311 g/mol. The maximum Gasteiger partial charge on any atom is 0.251 e. The lowest BCUT2D eigenvalue weighted by Crippen LogP contribution is -2.46. The summed E-state index contributed by atoms with van der Waals surface area (Å²) < 4.78 is 5.24. The largest absolute Gasteiger partial charge is 0.388 e. The van der Waals surface area contributed by atoms with E-state index >= 15 is 0 Å². The van der Waals surface area contributed by atoms with Gasteiger partial charge in [-0.2, -0.15) is 0 Å². The number of hydrogen-bond donors (Lipinski definition) is 2. The first-order valence-corrected chi connectivity index (χ1v) is 7.90. The smallest absolute Gasteiger partial charge is 0.251 e.